The van der Waals surface area contributed by atoms with Crippen LogP contribution < -0.4 is 10.5 Å². The first-order chi connectivity index (χ1) is 10.0. The fraction of sp³-hybridized carbons (Fsp3) is 0.133. The number of halogens is 2. The lowest BCUT2D eigenvalue weighted by Gasteiger charge is -2.10. The summed E-state index contributed by atoms with van der Waals surface area (Å²) >= 11 is 3.17. The van der Waals surface area contributed by atoms with Crippen LogP contribution in [-0.2, 0) is 4.74 Å². The third-order valence-electron chi connectivity index (χ3n) is 2.64. The number of nitrogen functional groups attached to an aromatic ring is 1. The summed E-state index contributed by atoms with van der Waals surface area (Å²) in [5.41, 5.74) is 6.19. The van der Waals surface area contributed by atoms with Crippen LogP contribution in [0.25, 0.3) is 0 Å². The molecule has 0 aliphatic carbocycles. The van der Waals surface area contributed by atoms with Gasteiger partial charge in [-0.1, -0.05) is 15.9 Å². The summed E-state index contributed by atoms with van der Waals surface area (Å²) in [6.07, 6.45) is 0. The summed E-state index contributed by atoms with van der Waals surface area (Å²) in [4.78, 5) is 11.7. The minimum absolute atomic E-state index is 0.0535. The predicted octanol–water partition coefficient (Wildman–Crippen LogP) is 4.14. The summed E-state index contributed by atoms with van der Waals surface area (Å²) < 4.78 is 24.7. The predicted molar refractivity (Wildman–Crippen MR) is 81.0 cm³/mol. The number of ether oxygens (including phenoxy) is 2. The van der Waals surface area contributed by atoms with Crippen LogP contribution in [0.5, 0.6) is 11.5 Å². The molecule has 21 heavy (non-hydrogen) atoms. The van der Waals surface area contributed by atoms with Crippen LogP contribution in [0, 0.1) is 5.82 Å². The van der Waals surface area contributed by atoms with Gasteiger partial charge in [0, 0.05) is 10.2 Å². The van der Waals surface area contributed by atoms with Gasteiger partial charge in [0.05, 0.1) is 12.2 Å². The molecule has 0 saturated heterocycles. The Bertz CT molecular complexity index is 676. The third-order valence-corrected chi connectivity index (χ3v) is 3.14. The second-order valence-electron chi connectivity index (χ2n) is 4.15. The number of esters is 1. The number of hydrogen-bond acceptors (Lipinski definition) is 4. The van der Waals surface area contributed by atoms with E-state index in [1.54, 1.807) is 19.1 Å². The molecule has 2 aromatic rings. The molecular weight excluding hydrogens is 341 g/mol. The van der Waals surface area contributed by atoms with E-state index in [4.69, 9.17) is 15.2 Å². The molecule has 110 valence electrons. The Morgan fingerprint density at radius 2 is 2.05 bits per heavy atom. The van der Waals surface area contributed by atoms with Gasteiger partial charge in [-0.05, 0) is 43.3 Å². The minimum atomic E-state index is -0.545. The molecule has 4 nitrogen and oxygen atoms in total. The van der Waals surface area contributed by atoms with Crippen LogP contribution in [0.1, 0.15) is 17.3 Å². The van der Waals surface area contributed by atoms with Gasteiger partial charge >= 0.3 is 5.97 Å². The summed E-state index contributed by atoms with van der Waals surface area (Å²) in [6.45, 7) is 1.94. The highest BCUT2D eigenvalue weighted by molar-refractivity contribution is 9.10. The summed E-state index contributed by atoms with van der Waals surface area (Å²) in [5.74, 6) is -0.707. The van der Waals surface area contributed by atoms with Crippen molar-refractivity contribution in [3.8, 4) is 11.5 Å². The maximum Gasteiger partial charge on any atom is 0.340 e. The highest BCUT2D eigenvalue weighted by Crippen LogP contribution is 2.29. The number of anilines is 1. The van der Waals surface area contributed by atoms with Gasteiger partial charge in [0.25, 0.3) is 0 Å². The molecule has 0 amide bonds. The van der Waals surface area contributed by atoms with E-state index in [-0.39, 0.29) is 23.6 Å². The van der Waals surface area contributed by atoms with E-state index in [2.05, 4.69) is 15.9 Å². The first-order valence-corrected chi connectivity index (χ1v) is 7.00. The molecule has 0 aromatic heterocycles. The molecular formula is C15H13BrFNO3. The minimum Gasteiger partial charge on any atom is -0.462 e. The van der Waals surface area contributed by atoms with Crippen LogP contribution in [0.3, 0.4) is 0 Å². The lowest BCUT2D eigenvalue weighted by molar-refractivity contribution is 0.0527. The van der Waals surface area contributed by atoms with Crippen molar-refractivity contribution in [3.63, 3.8) is 0 Å². The van der Waals surface area contributed by atoms with Crippen molar-refractivity contribution >= 4 is 27.6 Å². The summed E-state index contributed by atoms with van der Waals surface area (Å²) in [7, 11) is 0. The van der Waals surface area contributed by atoms with Gasteiger partial charge in [0.15, 0.2) is 11.6 Å². The molecule has 0 aliphatic heterocycles. The van der Waals surface area contributed by atoms with Crippen LogP contribution >= 0.6 is 15.9 Å². The van der Waals surface area contributed by atoms with Gasteiger partial charge in [-0.25, -0.2) is 9.18 Å². The molecule has 0 aliphatic rings. The molecule has 0 bridgehead atoms. The average Bonchev–Trinajstić information content (AvgIpc) is 2.44. The van der Waals surface area contributed by atoms with Crippen molar-refractivity contribution in [3.05, 3.63) is 52.3 Å². The Morgan fingerprint density at radius 1 is 1.29 bits per heavy atom. The largest absolute Gasteiger partial charge is 0.462 e. The lowest BCUT2D eigenvalue weighted by atomic mass is 10.1. The standard InChI is InChI=1S/C15H13BrFNO3/c1-2-20-15(19)11-8-10(4-5-13(11)18)21-14-6-3-9(16)7-12(14)17/h3-8H,2,18H2,1H3. The molecule has 0 atom stereocenters. The Labute approximate surface area is 129 Å². The van der Waals surface area contributed by atoms with E-state index in [0.29, 0.717) is 10.2 Å². The van der Waals surface area contributed by atoms with Gasteiger partial charge in [-0.2, -0.15) is 0 Å². The number of carbonyl (C=O) groups excluding carboxylic acids is 1. The first kappa shape index (κ1) is 15.3. The SMILES string of the molecule is CCOC(=O)c1cc(Oc2ccc(Br)cc2F)ccc1N. The van der Waals surface area contributed by atoms with Crippen LogP contribution in [0.2, 0.25) is 0 Å². The molecule has 0 unspecified atom stereocenters. The van der Waals surface area contributed by atoms with Crippen molar-refractivity contribution in [2.75, 3.05) is 12.3 Å². The highest BCUT2D eigenvalue weighted by atomic mass is 79.9. The number of carbonyl (C=O) groups is 1. The van der Waals surface area contributed by atoms with Crippen molar-refractivity contribution in [1.82, 2.24) is 0 Å². The topological polar surface area (TPSA) is 61.5 Å². The average molecular weight is 354 g/mol. The van der Waals surface area contributed by atoms with Crippen LogP contribution in [-0.4, -0.2) is 12.6 Å². The van der Waals surface area contributed by atoms with E-state index in [9.17, 15) is 9.18 Å². The Hall–Kier alpha value is -2.08. The second kappa shape index (κ2) is 6.58. The smallest absolute Gasteiger partial charge is 0.340 e. The van der Waals surface area contributed by atoms with Gasteiger partial charge < -0.3 is 15.2 Å². The zero-order valence-corrected chi connectivity index (χ0v) is 12.8. The number of nitrogens with two attached hydrogens (primary N) is 1. The van der Waals surface area contributed by atoms with E-state index in [1.165, 1.54) is 24.3 Å². The fourth-order valence-corrected chi connectivity index (χ4v) is 2.00. The van der Waals surface area contributed by atoms with Crippen molar-refractivity contribution in [2.45, 2.75) is 6.92 Å². The van der Waals surface area contributed by atoms with E-state index < -0.39 is 11.8 Å². The van der Waals surface area contributed by atoms with E-state index in [1.807, 2.05) is 0 Å². The molecule has 2 rings (SSSR count). The fourth-order valence-electron chi connectivity index (χ4n) is 1.67. The van der Waals surface area contributed by atoms with Crippen LogP contribution in [0.15, 0.2) is 40.9 Å². The van der Waals surface area contributed by atoms with Gasteiger partial charge in [-0.3, -0.25) is 0 Å². The Balaban J connectivity index is 2.28. The zero-order chi connectivity index (χ0) is 15.4. The Morgan fingerprint density at radius 3 is 2.71 bits per heavy atom. The quantitative estimate of drug-likeness (QED) is 0.662. The monoisotopic (exact) mass is 353 g/mol. The first-order valence-electron chi connectivity index (χ1n) is 6.20. The highest BCUT2D eigenvalue weighted by Gasteiger charge is 2.13. The van der Waals surface area contributed by atoms with Gasteiger partial charge in [-0.15, -0.1) is 0 Å². The second-order valence-corrected chi connectivity index (χ2v) is 5.06. The zero-order valence-electron chi connectivity index (χ0n) is 11.2. The lowest BCUT2D eigenvalue weighted by Crippen LogP contribution is -2.08. The molecule has 0 heterocycles. The normalized spacial score (nSPS) is 10.2. The van der Waals surface area contributed by atoms with Crippen molar-refractivity contribution in [2.24, 2.45) is 0 Å². The van der Waals surface area contributed by atoms with E-state index >= 15 is 0 Å². The molecule has 0 fully saturated rings. The maximum atomic E-state index is 13.7. The Kier molecular flexibility index (Phi) is 4.80. The van der Waals surface area contributed by atoms with Crippen LogP contribution in [0.4, 0.5) is 10.1 Å². The van der Waals surface area contributed by atoms with Gasteiger partial charge in [0.1, 0.15) is 5.75 Å². The summed E-state index contributed by atoms with van der Waals surface area (Å²) in [6, 6.07) is 8.92. The van der Waals surface area contributed by atoms with Crippen molar-refractivity contribution in [1.29, 1.82) is 0 Å². The van der Waals surface area contributed by atoms with Crippen molar-refractivity contribution < 1.29 is 18.7 Å². The number of hydrogen-bond donors (Lipinski definition) is 1. The molecule has 0 spiro atoms. The molecule has 0 saturated carbocycles. The number of benzene rings is 2. The molecule has 6 heteroatoms. The third kappa shape index (κ3) is 3.72. The molecule has 0 radical (unpaired) electrons. The number of rotatable bonds is 4. The molecule has 2 N–H and O–H groups in total. The van der Waals surface area contributed by atoms with E-state index in [0.717, 1.165) is 0 Å². The maximum absolute atomic E-state index is 13.7. The molecule has 2 aromatic carbocycles. The summed E-state index contributed by atoms with van der Waals surface area (Å²) in [5, 5.41) is 0. The van der Waals surface area contributed by atoms with Gasteiger partial charge in [0.2, 0.25) is 0 Å².